The number of tetrazole rings is 1. The molecule has 23 heavy (non-hydrogen) atoms. The van der Waals surface area contributed by atoms with Crippen LogP contribution in [0.1, 0.15) is 55.5 Å². The summed E-state index contributed by atoms with van der Waals surface area (Å²) in [5.74, 6) is 0.734. The van der Waals surface area contributed by atoms with Crippen molar-refractivity contribution in [1.82, 2.24) is 25.1 Å². The Balaban J connectivity index is 1.61. The first-order chi connectivity index (χ1) is 11.3. The van der Waals surface area contributed by atoms with Crippen LogP contribution >= 0.6 is 0 Å². The second kappa shape index (κ2) is 6.10. The quantitative estimate of drug-likeness (QED) is 0.853. The Bertz CT molecular complexity index is 683. The largest absolute Gasteiger partial charge is 0.335 e. The van der Waals surface area contributed by atoms with Crippen molar-refractivity contribution >= 4 is 5.91 Å². The van der Waals surface area contributed by atoms with Crippen molar-refractivity contribution in [1.29, 1.82) is 0 Å². The van der Waals surface area contributed by atoms with Crippen LogP contribution in [0.25, 0.3) is 0 Å². The number of carbonyl (C=O) groups excluding carboxylic acids is 1. The highest BCUT2D eigenvalue weighted by Crippen LogP contribution is 2.36. The molecule has 2 aromatic rings. The molecule has 2 atom stereocenters. The number of hydrogen-bond acceptors (Lipinski definition) is 4. The molecule has 4 rings (SSSR count). The van der Waals surface area contributed by atoms with Crippen LogP contribution in [0.3, 0.4) is 0 Å². The lowest BCUT2D eigenvalue weighted by molar-refractivity contribution is -0.134. The number of carbonyl (C=O) groups is 1. The Hall–Kier alpha value is -2.24. The summed E-state index contributed by atoms with van der Waals surface area (Å²) in [5.41, 5.74) is 1.23. The number of benzene rings is 1. The van der Waals surface area contributed by atoms with E-state index in [1.807, 2.05) is 27.8 Å². The summed E-state index contributed by atoms with van der Waals surface area (Å²) >= 11 is 0. The van der Waals surface area contributed by atoms with E-state index in [-0.39, 0.29) is 17.9 Å². The highest BCUT2D eigenvalue weighted by Gasteiger charge is 2.37. The van der Waals surface area contributed by atoms with Gasteiger partial charge in [0.05, 0.1) is 12.0 Å². The topological polar surface area (TPSA) is 63.9 Å². The summed E-state index contributed by atoms with van der Waals surface area (Å²) in [6.45, 7) is 1.64. The zero-order valence-electron chi connectivity index (χ0n) is 13.1. The van der Waals surface area contributed by atoms with Gasteiger partial charge in [0.25, 0.3) is 0 Å². The van der Waals surface area contributed by atoms with Crippen molar-refractivity contribution in [3.63, 3.8) is 0 Å². The molecule has 0 aliphatic carbocycles. The smallest absolute Gasteiger partial charge is 0.233 e. The minimum absolute atomic E-state index is 0.189. The first-order valence-electron chi connectivity index (χ1n) is 8.46. The molecule has 0 radical (unpaired) electrons. The third kappa shape index (κ3) is 2.62. The third-order valence-corrected chi connectivity index (χ3v) is 5.00. The van der Waals surface area contributed by atoms with Gasteiger partial charge >= 0.3 is 0 Å². The summed E-state index contributed by atoms with van der Waals surface area (Å²) < 4.78 is 1.81. The van der Waals surface area contributed by atoms with Crippen LogP contribution in [0.15, 0.2) is 30.3 Å². The molecule has 120 valence electrons. The molecule has 0 unspecified atom stereocenters. The van der Waals surface area contributed by atoms with Gasteiger partial charge in [0, 0.05) is 13.1 Å². The fourth-order valence-corrected chi connectivity index (χ4v) is 3.85. The van der Waals surface area contributed by atoms with Gasteiger partial charge in [-0.15, -0.1) is 5.10 Å². The second-order valence-electron chi connectivity index (χ2n) is 6.41. The van der Waals surface area contributed by atoms with Crippen LogP contribution < -0.4 is 0 Å². The number of nitrogens with zero attached hydrogens (tertiary/aromatic N) is 5. The van der Waals surface area contributed by atoms with E-state index in [0.717, 1.165) is 51.0 Å². The molecule has 0 bridgehead atoms. The third-order valence-electron chi connectivity index (χ3n) is 5.00. The maximum absolute atomic E-state index is 13.2. The molecule has 6 nitrogen and oxygen atoms in total. The van der Waals surface area contributed by atoms with E-state index in [1.165, 1.54) is 5.56 Å². The van der Waals surface area contributed by atoms with Crippen molar-refractivity contribution in [2.45, 2.75) is 50.6 Å². The number of aromatic nitrogens is 4. The molecular weight excluding hydrogens is 290 g/mol. The van der Waals surface area contributed by atoms with Gasteiger partial charge < -0.3 is 4.90 Å². The lowest BCUT2D eigenvalue weighted by Crippen LogP contribution is -2.35. The van der Waals surface area contributed by atoms with Crippen LogP contribution in [-0.2, 0) is 11.3 Å². The fourth-order valence-electron chi connectivity index (χ4n) is 3.85. The molecule has 1 aromatic carbocycles. The predicted octanol–water partition coefficient (Wildman–Crippen LogP) is 2.30. The van der Waals surface area contributed by atoms with E-state index < -0.39 is 0 Å². The molecule has 2 aliphatic rings. The summed E-state index contributed by atoms with van der Waals surface area (Å²) in [7, 11) is 0. The number of hydrogen-bond donors (Lipinski definition) is 0. The first-order valence-corrected chi connectivity index (χ1v) is 8.46. The van der Waals surface area contributed by atoms with Gasteiger partial charge in [0.1, 0.15) is 0 Å². The summed E-state index contributed by atoms with van der Waals surface area (Å²) in [4.78, 5) is 15.3. The summed E-state index contributed by atoms with van der Waals surface area (Å²) in [6, 6.07) is 10.5. The lowest BCUT2D eigenvalue weighted by atomic mass is 9.98. The van der Waals surface area contributed by atoms with Gasteiger partial charge in [-0.25, -0.2) is 4.68 Å². The van der Waals surface area contributed by atoms with E-state index in [4.69, 9.17) is 0 Å². The van der Waals surface area contributed by atoms with Crippen molar-refractivity contribution < 1.29 is 4.79 Å². The fraction of sp³-hybridized carbons (Fsp3) is 0.529. The molecule has 0 saturated carbocycles. The average Bonchev–Trinajstić information content (AvgIpc) is 3.21. The molecule has 6 heteroatoms. The van der Waals surface area contributed by atoms with Gasteiger partial charge in [-0.2, -0.15) is 0 Å². The maximum Gasteiger partial charge on any atom is 0.233 e. The zero-order chi connectivity index (χ0) is 15.6. The Kier molecular flexibility index (Phi) is 3.81. The van der Waals surface area contributed by atoms with Gasteiger partial charge in [-0.1, -0.05) is 36.8 Å². The normalized spacial score (nSPS) is 24.3. The van der Waals surface area contributed by atoms with Crippen LogP contribution in [0.5, 0.6) is 0 Å². The van der Waals surface area contributed by atoms with Crippen LogP contribution in [0, 0.1) is 0 Å². The Morgan fingerprint density at radius 3 is 2.78 bits per heavy atom. The van der Waals surface area contributed by atoms with E-state index in [9.17, 15) is 4.79 Å². The zero-order valence-corrected chi connectivity index (χ0v) is 13.1. The van der Waals surface area contributed by atoms with Crippen molar-refractivity contribution in [2.75, 3.05) is 6.54 Å². The molecule has 1 aromatic heterocycles. The first kappa shape index (κ1) is 14.4. The summed E-state index contributed by atoms with van der Waals surface area (Å²) in [6.07, 6.45) is 5.00. The molecule has 1 amide bonds. The van der Waals surface area contributed by atoms with Gasteiger partial charge in [0.2, 0.25) is 5.91 Å². The molecule has 3 heterocycles. The van der Waals surface area contributed by atoms with Crippen LogP contribution in [0.4, 0.5) is 0 Å². The van der Waals surface area contributed by atoms with Gasteiger partial charge in [-0.3, -0.25) is 4.79 Å². The molecular formula is C17H21N5O. The highest BCUT2D eigenvalue weighted by molar-refractivity contribution is 5.83. The maximum atomic E-state index is 13.2. The number of likely N-dealkylation sites (tertiary alicyclic amines) is 1. The predicted molar refractivity (Wildman–Crippen MR) is 84.5 cm³/mol. The monoisotopic (exact) mass is 311 g/mol. The number of rotatable bonds is 2. The van der Waals surface area contributed by atoms with Crippen molar-refractivity contribution in [3.8, 4) is 0 Å². The number of amides is 1. The highest BCUT2D eigenvalue weighted by atomic mass is 16.2. The van der Waals surface area contributed by atoms with E-state index in [1.54, 1.807) is 0 Å². The summed E-state index contributed by atoms with van der Waals surface area (Å²) in [5, 5.41) is 12.0. The second-order valence-corrected chi connectivity index (χ2v) is 6.41. The van der Waals surface area contributed by atoms with Gasteiger partial charge in [-0.05, 0) is 41.7 Å². The molecule has 2 aliphatic heterocycles. The van der Waals surface area contributed by atoms with E-state index in [0.29, 0.717) is 0 Å². The number of aryl methyl sites for hydroxylation is 1. The van der Waals surface area contributed by atoms with Crippen LogP contribution in [0.2, 0.25) is 0 Å². The van der Waals surface area contributed by atoms with E-state index in [2.05, 4.69) is 27.7 Å². The molecule has 0 N–H and O–H groups in total. The Morgan fingerprint density at radius 1 is 1.04 bits per heavy atom. The van der Waals surface area contributed by atoms with Crippen molar-refractivity contribution in [2.24, 2.45) is 0 Å². The number of fused-ring (bicyclic) bond motifs is 1. The Morgan fingerprint density at radius 2 is 1.91 bits per heavy atom. The van der Waals surface area contributed by atoms with E-state index >= 15 is 0 Å². The van der Waals surface area contributed by atoms with Crippen molar-refractivity contribution in [3.05, 3.63) is 41.7 Å². The average molecular weight is 311 g/mol. The molecule has 1 saturated heterocycles. The molecule has 0 spiro atoms. The van der Waals surface area contributed by atoms with Crippen LogP contribution in [-0.4, -0.2) is 37.6 Å². The molecule has 1 fully saturated rings. The minimum atomic E-state index is -0.197. The minimum Gasteiger partial charge on any atom is -0.335 e. The lowest BCUT2D eigenvalue weighted by Gasteiger charge is -2.28. The van der Waals surface area contributed by atoms with Gasteiger partial charge in [0.15, 0.2) is 5.82 Å². The Labute approximate surface area is 135 Å². The SMILES string of the molecule is O=C([C@@H]1CCCCn2nnnc21)N1CCC[C@@H]1c1ccccc1. The standard InChI is InChI=1S/C17H21N5O/c23-17(14-9-4-5-12-22-16(14)18-19-20-22)21-11-6-10-15(21)13-7-2-1-3-8-13/h1-3,7-8,14-15H,4-6,9-12H2/t14-,15-/m1/s1.